The van der Waals surface area contributed by atoms with Crippen molar-refractivity contribution in [2.24, 2.45) is 0 Å². The van der Waals surface area contributed by atoms with Crippen LogP contribution in [-0.2, 0) is 6.42 Å². The summed E-state index contributed by atoms with van der Waals surface area (Å²) in [5.74, 6) is 0. The van der Waals surface area contributed by atoms with Gasteiger partial charge in [-0.3, -0.25) is 0 Å². The lowest BCUT2D eigenvalue weighted by molar-refractivity contribution is 1.19. The summed E-state index contributed by atoms with van der Waals surface area (Å²) in [6.45, 7) is 2.11. The van der Waals surface area contributed by atoms with Gasteiger partial charge in [-0.05, 0) is 34.5 Å². The number of hydrogen-bond acceptors (Lipinski definition) is 3. The van der Waals surface area contributed by atoms with E-state index in [1.54, 1.807) is 11.3 Å². The van der Waals surface area contributed by atoms with Crippen molar-refractivity contribution in [3.8, 4) is 0 Å². The standard InChI is InChI=1S/C9H9BrN2S/c1-2-5-8(11)9-6(13-5)3-4-7(10)12-9/h3-4H,2,11H2,1H3. The Morgan fingerprint density at radius 3 is 3.00 bits per heavy atom. The van der Waals surface area contributed by atoms with Crippen LogP contribution in [0.2, 0.25) is 0 Å². The lowest BCUT2D eigenvalue weighted by Gasteiger charge is -1.93. The average molecular weight is 257 g/mol. The number of halogens is 1. The number of nitrogen functional groups attached to an aromatic ring is 1. The Labute approximate surface area is 88.9 Å². The molecule has 2 nitrogen and oxygen atoms in total. The number of aryl methyl sites for hydroxylation is 1. The molecule has 68 valence electrons. The molecule has 0 bridgehead atoms. The average Bonchev–Trinajstić information content (AvgIpc) is 2.44. The van der Waals surface area contributed by atoms with E-state index in [1.807, 2.05) is 12.1 Å². The fourth-order valence-electron chi connectivity index (χ4n) is 1.28. The van der Waals surface area contributed by atoms with Crippen LogP contribution in [0.5, 0.6) is 0 Å². The van der Waals surface area contributed by atoms with E-state index in [0.717, 1.165) is 26.9 Å². The molecule has 0 unspecified atom stereocenters. The molecule has 2 N–H and O–H groups in total. The Hall–Kier alpha value is -0.610. The number of nitrogens with two attached hydrogens (primary N) is 1. The number of pyridine rings is 1. The second-order valence-electron chi connectivity index (χ2n) is 2.77. The molecule has 0 spiro atoms. The summed E-state index contributed by atoms with van der Waals surface area (Å²) in [6, 6.07) is 3.99. The molecule has 13 heavy (non-hydrogen) atoms. The third-order valence-electron chi connectivity index (χ3n) is 1.93. The van der Waals surface area contributed by atoms with Crippen LogP contribution in [0.25, 0.3) is 10.2 Å². The molecule has 2 aromatic heterocycles. The van der Waals surface area contributed by atoms with Gasteiger partial charge in [0.05, 0.1) is 10.4 Å². The highest BCUT2D eigenvalue weighted by molar-refractivity contribution is 9.10. The Kier molecular flexibility index (Phi) is 2.26. The summed E-state index contributed by atoms with van der Waals surface area (Å²) in [5, 5.41) is 0. The number of thiophene rings is 1. The molecular formula is C9H9BrN2S. The van der Waals surface area contributed by atoms with Crippen LogP contribution in [0.1, 0.15) is 11.8 Å². The van der Waals surface area contributed by atoms with Crippen LogP contribution in [-0.4, -0.2) is 4.98 Å². The smallest absolute Gasteiger partial charge is 0.106 e. The monoisotopic (exact) mass is 256 g/mol. The number of nitrogens with zero attached hydrogens (tertiary/aromatic N) is 1. The molecule has 2 rings (SSSR count). The molecule has 0 aromatic carbocycles. The second-order valence-corrected chi connectivity index (χ2v) is 4.72. The zero-order chi connectivity index (χ0) is 9.42. The molecule has 2 aromatic rings. The van der Waals surface area contributed by atoms with Gasteiger partial charge in [0.2, 0.25) is 0 Å². The summed E-state index contributed by atoms with van der Waals surface area (Å²) < 4.78 is 2.00. The number of fused-ring (bicyclic) bond motifs is 1. The molecule has 0 fully saturated rings. The highest BCUT2D eigenvalue weighted by Crippen LogP contribution is 2.33. The number of aromatic nitrogens is 1. The Balaban J connectivity index is 2.77. The van der Waals surface area contributed by atoms with E-state index in [1.165, 1.54) is 4.88 Å². The summed E-state index contributed by atoms with van der Waals surface area (Å²) >= 11 is 5.06. The van der Waals surface area contributed by atoms with Gasteiger partial charge in [-0.1, -0.05) is 6.92 Å². The minimum atomic E-state index is 0.837. The molecule has 0 aliphatic carbocycles. The van der Waals surface area contributed by atoms with Gasteiger partial charge in [0.25, 0.3) is 0 Å². The van der Waals surface area contributed by atoms with Crippen molar-refractivity contribution in [1.29, 1.82) is 0 Å². The Bertz CT molecular complexity index is 450. The fourth-order valence-corrected chi connectivity index (χ4v) is 2.59. The van der Waals surface area contributed by atoms with Gasteiger partial charge < -0.3 is 5.73 Å². The maximum Gasteiger partial charge on any atom is 0.106 e. The van der Waals surface area contributed by atoms with Gasteiger partial charge in [0, 0.05) is 4.88 Å². The molecule has 0 aliphatic heterocycles. The lowest BCUT2D eigenvalue weighted by atomic mass is 10.3. The first-order valence-electron chi connectivity index (χ1n) is 4.05. The van der Waals surface area contributed by atoms with Gasteiger partial charge in [0.1, 0.15) is 10.1 Å². The van der Waals surface area contributed by atoms with Gasteiger partial charge in [-0.2, -0.15) is 0 Å². The fraction of sp³-hybridized carbons (Fsp3) is 0.222. The molecule has 0 radical (unpaired) electrons. The van der Waals surface area contributed by atoms with E-state index in [4.69, 9.17) is 5.73 Å². The van der Waals surface area contributed by atoms with Crippen molar-refractivity contribution in [3.05, 3.63) is 21.6 Å². The van der Waals surface area contributed by atoms with Crippen LogP contribution < -0.4 is 5.73 Å². The maximum atomic E-state index is 5.95. The zero-order valence-electron chi connectivity index (χ0n) is 7.17. The van der Waals surface area contributed by atoms with Crippen LogP contribution in [0.3, 0.4) is 0 Å². The normalized spacial score (nSPS) is 10.9. The molecule has 0 aliphatic rings. The molecule has 0 saturated heterocycles. The van der Waals surface area contributed by atoms with Gasteiger partial charge in [0.15, 0.2) is 0 Å². The van der Waals surface area contributed by atoms with E-state index in [-0.39, 0.29) is 0 Å². The highest BCUT2D eigenvalue weighted by atomic mass is 79.9. The molecule has 4 heteroatoms. The summed E-state index contributed by atoms with van der Waals surface area (Å²) in [7, 11) is 0. The lowest BCUT2D eigenvalue weighted by Crippen LogP contribution is -1.88. The van der Waals surface area contributed by atoms with Crippen LogP contribution in [0.4, 0.5) is 5.69 Å². The molecule has 0 atom stereocenters. The van der Waals surface area contributed by atoms with Crippen LogP contribution in [0, 0.1) is 0 Å². The second kappa shape index (κ2) is 3.27. The van der Waals surface area contributed by atoms with Gasteiger partial charge in [-0.25, -0.2) is 4.98 Å². The van der Waals surface area contributed by atoms with E-state index in [2.05, 4.69) is 27.8 Å². The topological polar surface area (TPSA) is 38.9 Å². The minimum absolute atomic E-state index is 0.837. The van der Waals surface area contributed by atoms with Crippen molar-refractivity contribution < 1.29 is 0 Å². The minimum Gasteiger partial charge on any atom is -0.396 e. The highest BCUT2D eigenvalue weighted by Gasteiger charge is 2.08. The Morgan fingerprint density at radius 1 is 1.54 bits per heavy atom. The Morgan fingerprint density at radius 2 is 2.31 bits per heavy atom. The third kappa shape index (κ3) is 1.44. The van der Waals surface area contributed by atoms with Gasteiger partial charge in [-0.15, -0.1) is 11.3 Å². The summed E-state index contributed by atoms with van der Waals surface area (Å²) in [4.78, 5) is 5.57. The van der Waals surface area contributed by atoms with Crippen molar-refractivity contribution in [2.75, 3.05) is 5.73 Å². The number of anilines is 1. The van der Waals surface area contributed by atoms with E-state index < -0.39 is 0 Å². The van der Waals surface area contributed by atoms with Crippen molar-refractivity contribution >= 4 is 43.2 Å². The van der Waals surface area contributed by atoms with Crippen LogP contribution in [0.15, 0.2) is 16.7 Å². The predicted molar refractivity (Wildman–Crippen MR) is 61.1 cm³/mol. The number of hydrogen-bond donors (Lipinski definition) is 1. The summed E-state index contributed by atoms with van der Waals surface area (Å²) in [5.41, 5.74) is 7.71. The first-order valence-corrected chi connectivity index (χ1v) is 5.66. The maximum absolute atomic E-state index is 5.95. The predicted octanol–water partition coefficient (Wildman–Crippen LogP) is 3.20. The molecule has 0 saturated carbocycles. The quantitative estimate of drug-likeness (QED) is 0.797. The van der Waals surface area contributed by atoms with Crippen molar-refractivity contribution in [1.82, 2.24) is 4.98 Å². The van der Waals surface area contributed by atoms with Crippen molar-refractivity contribution in [2.45, 2.75) is 13.3 Å². The van der Waals surface area contributed by atoms with Crippen LogP contribution >= 0.6 is 27.3 Å². The summed E-state index contributed by atoms with van der Waals surface area (Å²) in [6.07, 6.45) is 0.977. The first kappa shape index (κ1) is 8.97. The van der Waals surface area contributed by atoms with E-state index in [9.17, 15) is 0 Å². The van der Waals surface area contributed by atoms with Gasteiger partial charge >= 0.3 is 0 Å². The molecule has 0 amide bonds. The number of rotatable bonds is 1. The molecular weight excluding hydrogens is 248 g/mol. The largest absolute Gasteiger partial charge is 0.396 e. The SMILES string of the molecule is CCc1sc2ccc(Br)nc2c1N. The van der Waals surface area contributed by atoms with E-state index in [0.29, 0.717) is 0 Å². The molecule has 2 heterocycles. The zero-order valence-corrected chi connectivity index (χ0v) is 9.58. The van der Waals surface area contributed by atoms with Crippen molar-refractivity contribution in [3.63, 3.8) is 0 Å². The first-order chi connectivity index (χ1) is 6.22. The third-order valence-corrected chi connectivity index (χ3v) is 3.68. The van der Waals surface area contributed by atoms with E-state index >= 15 is 0 Å².